The normalized spacial score (nSPS) is 10.7. The van der Waals surface area contributed by atoms with E-state index in [0.717, 1.165) is 0 Å². The van der Waals surface area contributed by atoms with E-state index in [1.807, 2.05) is 22.6 Å². The zero-order chi connectivity index (χ0) is 13.3. The molecule has 3 nitrogen and oxygen atoms in total. The third-order valence-corrected chi connectivity index (χ3v) is 4.16. The van der Waals surface area contributed by atoms with Gasteiger partial charge in [0.25, 0.3) is 5.56 Å². The van der Waals surface area contributed by atoms with E-state index in [-0.39, 0.29) is 22.3 Å². The molecule has 0 atom stereocenters. The first-order valence-electron chi connectivity index (χ1n) is 4.83. The lowest BCUT2D eigenvalue weighted by Crippen LogP contribution is -2.23. The summed E-state index contributed by atoms with van der Waals surface area (Å²) in [5.74, 6) is -0.515. The Labute approximate surface area is 126 Å². The molecule has 1 aromatic carbocycles. The van der Waals surface area contributed by atoms with Gasteiger partial charge in [-0.05, 0) is 40.3 Å². The van der Waals surface area contributed by atoms with Crippen LogP contribution in [0.2, 0.25) is 10.2 Å². The Balaban J connectivity index is 2.37. The Morgan fingerprint density at radius 2 is 2.11 bits per heavy atom. The van der Waals surface area contributed by atoms with Gasteiger partial charge in [-0.25, -0.2) is 9.37 Å². The molecule has 0 saturated heterocycles. The molecule has 0 bridgehead atoms. The first-order chi connectivity index (χ1) is 8.49. The van der Waals surface area contributed by atoms with Crippen LogP contribution in [0, 0.1) is 9.39 Å². The number of benzene rings is 1. The predicted molar refractivity (Wildman–Crippen MR) is 76.7 cm³/mol. The van der Waals surface area contributed by atoms with Crippen LogP contribution in [0.25, 0.3) is 0 Å². The summed E-state index contributed by atoms with van der Waals surface area (Å²) in [6, 6.07) is 4.39. The molecule has 94 valence electrons. The molecule has 0 spiro atoms. The molecule has 0 aliphatic carbocycles. The number of rotatable bonds is 2. The van der Waals surface area contributed by atoms with Gasteiger partial charge in [0.15, 0.2) is 0 Å². The minimum Gasteiger partial charge on any atom is -0.294 e. The molecule has 0 N–H and O–H groups in total. The SMILES string of the molecule is O=c1c(I)c(Cl)ncn1Cc1ccc(Cl)c(F)c1. The average Bonchev–Trinajstić information content (AvgIpc) is 2.34. The van der Waals surface area contributed by atoms with Gasteiger partial charge in [0, 0.05) is 0 Å². The van der Waals surface area contributed by atoms with Gasteiger partial charge in [0.1, 0.15) is 14.5 Å². The lowest BCUT2D eigenvalue weighted by Gasteiger charge is -2.07. The number of halogens is 4. The Morgan fingerprint density at radius 1 is 1.39 bits per heavy atom. The minimum absolute atomic E-state index is 0.0508. The van der Waals surface area contributed by atoms with Crippen LogP contribution in [0.4, 0.5) is 4.39 Å². The molecule has 0 aliphatic heterocycles. The molecule has 0 saturated carbocycles. The van der Waals surface area contributed by atoms with Crippen LogP contribution < -0.4 is 5.56 Å². The lowest BCUT2D eigenvalue weighted by atomic mass is 10.2. The van der Waals surface area contributed by atoms with Crippen molar-refractivity contribution in [3.63, 3.8) is 0 Å². The van der Waals surface area contributed by atoms with Crippen LogP contribution in [0.15, 0.2) is 29.3 Å². The van der Waals surface area contributed by atoms with Gasteiger partial charge in [-0.15, -0.1) is 0 Å². The number of aromatic nitrogens is 2. The highest BCUT2D eigenvalue weighted by molar-refractivity contribution is 14.1. The molecule has 0 amide bonds. The van der Waals surface area contributed by atoms with E-state index in [0.29, 0.717) is 9.13 Å². The van der Waals surface area contributed by atoms with Crippen LogP contribution in [-0.2, 0) is 6.54 Å². The van der Waals surface area contributed by atoms with Gasteiger partial charge < -0.3 is 0 Å². The zero-order valence-corrected chi connectivity index (χ0v) is 12.5. The van der Waals surface area contributed by atoms with Crippen molar-refractivity contribution >= 4 is 45.8 Å². The van der Waals surface area contributed by atoms with E-state index < -0.39 is 5.82 Å². The maximum Gasteiger partial charge on any atom is 0.268 e. The highest BCUT2D eigenvalue weighted by Gasteiger charge is 2.08. The monoisotopic (exact) mass is 398 g/mol. The van der Waals surface area contributed by atoms with E-state index in [1.54, 1.807) is 6.07 Å². The Kier molecular flexibility index (Phi) is 4.24. The fourth-order valence-corrected chi connectivity index (χ4v) is 2.08. The Bertz CT molecular complexity index is 660. The van der Waals surface area contributed by atoms with Crippen molar-refractivity contribution in [2.45, 2.75) is 6.54 Å². The van der Waals surface area contributed by atoms with Crippen molar-refractivity contribution in [2.24, 2.45) is 0 Å². The largest absolute Gasteiger partial charge is 0.294 e. The average molecular weight is 399 g/mol. The standard InChI is InChI=1S/C11H6Cl2FIN2O/c12-7-2-1-6(3-8(7)14)4-17-5-16-10(13)9(15)11(17)18/h1-3,5H,4H2. The number of hydrogen-bond acceptors (Lipinski definition) is 2. The maximum atomic E-state index is 13.3. The van der Waals surface area contributed by atoms with Crippen molar-refractivity contribution in [3.05, 3.63) is 60.0 Å². The van der Waals surface area contributed by atoms with Crippen LogP contribution >= 0.6 is 45.8 Å². The van der Waals surface area contributed by atoms with E-state index in [4.69, 9.17) is 23.2 Å². The highest BCUT2D eigenvalue weighted by atomic mass is 127. The fraction of sp³-hybridized carbons (Fsp3) is 0.0909. The summed E-state index contributed by atoms with van der Waals surface area (Å²) in [6.45, 7) is 0.215. The van der Waals surface area contributed by atoms with E-state index in [2.05, 4.69) is 4.98 Å². The van der Waals surface area contributed by atoms with Gasteiger partial charge in [-0.2, -0.15) is 0 Å². The molecule has 0 radical (unpaired) electrons. The number of hydrogen-bond donors (Lipinski definition) is 0. The molecule has 0 fully saturated rings. The second-order valence-corrected chi connectivity index (χ2v) is 5.37. The Morgan fingerprint density at radius 3 is 2.78 bits per heavy atom. The molecule has 0 aliphatic rings. The van der Waals surface area contributed by atoms with Crippen LogP contribution in [0.5, 0.6) is 0 Å². The molecule has 1 aromatic heterocycles. The van der Waals surface area contributed by atoms with Gasteiger partial charge in [-0.1, -0.05) is 29.3 Å². The van der Waals surface area contributed by atoms with Gasteiger partial charge in [-0.3, -0.25) is 9.36 Å². The molecular formula is C11H6Cl2FIN2O. The third-order valence-electron chi connectivity index (χ3n) is 2.28. The smallest absolute Gasteiger partial charge is 0.268 e. The summed E-state index contributed by atoms with van der Waals surface area (Å²) >= 11 is 13.1. The lowest BCUT2D eigenvalue weighted by molar-refractivity contribution is 0.622. The third kappa shape index (κ3) is 2.84. The second kappa shape index (κ2) is 5.54. The first-order valence-corrected chi connectivity index (χ1v) is 6.67. The summed E-state index contributed by atoms with van der Waals surface area (Å²) in [5, 5.41) is 0.217. The summed E-state index contributed by atoms with van der Waals surface area (Å²) in [7, 11) is 0. The van der Waals surface area contributed by atoms with Crippen molar-refractivity contribution in [1.29, 1.82) is 0 Å². The van der Waals surface area contributed by atoms with Crippen LogP contribution in [0.1, 0.15) is 5.56 Å². The Hall–Kier alpha value is -0.660. The van der Waals surface area contributed by atoms with Crippen LogP contribution in [0.3, 0.4) is 0 Å². The van der Waals surface area contributed by atoms with E-state index in [9.17, 15) is 9.18 Å². The molecule has 2 rings (SSSR count). The van der Waals surface area contributed by atoms with Gasteiger partial charge >= 0.3 is 0 Å². The molecule has 2 aromatic rings. The maximum absolute atomic E-state index is 13.3. The van der Waals surface area contributed by atoms with Gasteiger partial charge in [0.05, 0.1) is 17.9 Å². The zero-order valence-electron chi connectivity index (χ0n) is 8.83. The van der Waals surface area contributed by atoms with Crippen molar-refractivity contribution in [3.8, 4) is 0 Å². The topological polar surface area (TPSA) is 34.9 Å². The quantitative estimate of drug-likeness (QED) is 0.574. The van der Waals surface area contributed by atoms with Gasteiger partial charge in [0.2, 0.25) is 0 Å². The first kappa shape index (κ1) is 13.8. The predicted octanol–water partition coefficient (Wildman–Crippen LogP) is 3.34. The summed E-state index contributed by atoms with van der Waals surface area (Å²) in [5.41, 5.74) is 0.366. The van der Waals surface area contributed by atoms with Crippen molar-refractivity contribution in [1.82, 2.24) is 9.55 Å². The second-order valence-electron chi connectivity index (χ2n) is 3.53. The van der Waals surface area contributed by atoms with E-state index in [1.165, 1.54) is 23.0 Å². The van der Waals surface area contributed by atoms with Crippen molar-refractivity contribution in [2.75, 3.05) is 0 Å². The highest BCUT2D eigenvalue weighted by Crippen LogP contribution is 2.16. The molecule has 7 heteroatoms. The van der Waals surface area contributed by atoms with Crippen molar-refractivity contribution < 1.29 is 4.39 Å². The minimum atomic E-state index is -0.515. The molecule has 1 heterocycles. The van der Waals surface area contributed by atoms with E-state index >= 15 is 0 Å². The molecule has 0 unspecified atom stereocenters. The summed E-state index contributed by atoms with van der Waals surface area (Å²) in [4.78, 5) is 15.7. The molecular weight excluding hydrogens is 393 g/mol. The summed E-state index contributed by atoms with van der Waals surface area (Å²) < 4.78 is 15.0. The summed E-state index contributed by atoms with van der Waals surface area (Å²) in [6.07, 6.45) is 1.33. The van der Waals surface area contributed by atoms with Crippen LogP contribution in [-0.4, -0.2) is 9.55 Å². The number of nitrogens with zero attached hydrogens (tertiary/aromatic N) is 2. The molecule has 18 heavy (non-hydrogen) atoms. The fourth-order valence-electron chi connectivity index (χ4n) is 1.39.